The Morgan fingerprint density at radius 2 is 1.89 bits per heavy atom. The number of nitrogens with zero attached hydrogens (tertiary/aromatic N) is 1. The van der Waals surface area contributed by atoms with Gasteiger partial charge < -0.3 is 30.6 Å². The van der Waals surface area contributed by atoms with Crippen molar-refractivity contribution in [2.75, 3.05) is 32.8 Å². The van der Waals surface area contributed by atoms with E-state index in [4.69, 9.17) is 19.9 Å². The molecule has 4 N–H and O–H groups in total. The summed E-state index contributed by atoms with van der Waals surface area (Å²) in [6.07, 6.45) is 1.88. The number of primary amides is 1. The van der Waals surface area contributed by atoms with Crippen LogP contribution >= 0.6 is 0 Å². The van der Waals surface area contributed by atoms with Crippen LogP contribution in [0.5, 0.6) is 17.2 Å². The molecule has 3 aliphatic heterocycles. The molecule has 2 atom stereocenters. The number of likely N-dealkylation sites (tertiary alicyclic amines) is 1. The van der Waals surface area contributed by atoms with Crippen molar-refractivity contribution in [3.63, 3.8) is 0 Å². The number of nitrogens with one attached hydrogen (secondary N) is 2. The number of hydrogen-bond acceptors (Lipinski definition) is 7. The number of carbonyl (C=O) groups excluding carboxylic acids is 3. The molecule has 0 unspecified atom stereocenters. The summed E-state index contributed by atoms with van der Waals surface area (Å²) >= 11 is 0. The highest BCUT2D eigenvalue weighted by Gasteiger charge is 2.36. The van der Waals surface area contributed by atoms with Crippen LogP contribution in [0.3, 0.4) is 0 Å². The second kappa shape index (κ2) is 10.4. The summed E-state index contributed by atoms with van der Waals surface area (Å²) in [5, 5.41) is 5.87. The van der Waals surface area contributed by atoms with Gasteiger partial charge in [-0.2, -0.15) is 0 Å². The Morgan fingerprint density at radius 1 is 1.08 bits per heavy atom. The average molecular weight is 495 g/mol. The minimum absolute atomic E-state index is 0.0767. The third-order valence-corrected chi connectivity index (χ3v) is 6.43. The van der Waals surface area contributed by atoms with Crippen LogP contribution in [0.1, 0.15) is 28.8 Å². The van der Waals surface area contributed by atoms with E-state index < -0.39 is 5.91 Å². The molecule has 0 aromatic heterocycles. The maximum Gasteiger partial charge on any atom is 0.258 e. The van der Waals surface area contributed by atoms with E-state index >= 15 is 0 Å². The Hall–Kier alpha value is -3.79. The maximum atomic E-state index is 13.3. The summed E-state index contributed by atoms with van der Waals surface area (Å²) in [4.78, 5) is 39.0. The zero-order valence-corrected chi connectivity index (χ0v) is 19.9. The Labute approximate surface area is 209 Å². The van der Waals surface area contributed by atoms with E-state index in [2.05, 4.69) is 10.6 Å². The Bertz CT molecular complexity index is 1130. The van der Waals surface area contributed by atoms with Crippen LogP contribution in [0.15, 0.2) is 42.5 Å². The highest BCUT2D eigenvalue weighted by molar-refractivity contribution is 5.95. The number of amides is 3. The van der Waals surface area contributed by atoms with Crippen molar-refractivity contribution >= 4 is 17.7 Å². The second-order valence-corrected chi connectivity index (χ2v) is 9.55. The molecule has 4 aliphatic rings. The monoisotopic (exact) mass is 494 g/mol. The van der Waals surface area contributed by atoms with Gasteiger partial charge in [0.1, 0.15) is 23.4 Å². The molecule has 0 spiro atoms. The van der Waals surface area contributed by atoms with E-state index in [0.717, 1.165) is 18.4 Å². The minimum atomic E-state index is -0.441. The fourth-order valence-corrected chi connectivity index (χ4v) is 4.34. The van der Waals surface area contributed by atoms with Crippen LogP contribution < -0.4 is 30.6 Å². The molecule has 3 amide bonds. The van der Waals surface area contributed by atoms with Gasteiger partial charge in [0.25, 0.3) is 11.8 Å². The highest BCUT2D eigenvalue weighted by Crippen LogP contribution is 2.31. The molecular weight excluding hydrogens is 464 g/mol. The molecule has 0 radical (unpaired) electrons. The van der Waals surface area contributed by atoms with Crippen molar-refractivity contribution in [3.05, 3.63) is 53.6 Å². The van der Waals surface area contributed by atoms with Crippen LogP contribution in [-0.2, 0) is 16.1 Å². The van der Waals surface area contributed by atoms with Gasteiger partial charge in [0.2, 0.25) is 5.91 Å². The van der Waals surface area contributed by atoms with Gasteiger partial charge in [0.15, 0.2) is 6.61 Å². The van der Waals surface area contributed by atoms with Gasteiger partial charge in [-0.15, -0.1) is 0 Å². The lowest BCUT2D eigenvalue weighted by Crippen LogP contribution is -2.45. The second-order valence-electron chi connectivity index (χ2n) is 9.55. The normalized spacial score (nSPS) is 22.4. The fourth-order valence-electron chi connectivity index (χ4n) is 4.34. The molecule has 2 aromatic rings. The smallest absolute Gasteiger partial charge is 0.258 e. The first-order chi connectivity index (χ1) is 17.4. The molecule has 2 aromatic carbocycles. The summed E-state index contributed by atoms with van der Waals surface area (Å²) in [7, 11) is 0. The molecule has 4 bridgehead atoms. The standard InChI is InChI=1S/C26H30N4O6/c27-24(31)13-30-11-22-23(12-30)36-19-5-3-16(4-6-19)10-28-25(32)15-35-21-8-18(26(33)29-22)7-20(9-21)34-14-17-1-2-17/h3-9,17,22-23H,1-2,10-15H2,(H2,27,31)(H,28,32)(H,29,33)/t22-,23-/m0/s1. The highest BCUT2D eigenvalue weighted by atomic mass is 16.5. The number of nitrogens with two attached hydrogens (primary N) is 1. The number of rotatable bonds is 5. The van der Waals surface area contributed by atoms with E-state index in [-0.39, 0.29) is 37.1 Å². The van der Waals surface area contributed by atoms with Gasteiger partial charge in [0, 0.05) is 31.3 Å². The summed E-state index contributed by atoms with van der Waals surface area (Å²) in [6, 6.07) is 11.9. The predicted molar refractivity (Wildman–Crippen MR) is 130 cm³/mol. The average Bonchev–Trinajstić information content (AvgIpc) is 3.62. The maximum absolute atomic E-state index is 13.3. The summed E-state index contributed by atoms with van der Waals surface area (Å²) < 4.78 is 17.8. The number of ether oxygens (including phenoxy) is 3. The van der Waals surface area contributed by atoms with Crippen molar-refractivity contribution in [1.82, 2.24) is 15.5 Å². The summed E-state index contributed by atoms with van der Waals surface area (Å²) in [6.45, 7) is 1.65. The van der Waals surface area contributed by atoms with Gasteiger partial charge in [-0.3, -0.25) is 19.3 Å². The predicted octanol–water partition coefficient (Wildman–Crippen LogP) is 0.831. The van der Waals surface area contributed by atoms with Gasteiger partial charge in [-0.1, -0.05) is 12.1 Å². The quantitative estimate of drug-likeness (QED) is 0.561. The van der Waals surface area contributed by atoms with Gasteiger partial charge in [-0.05, 0) is 48.6 Å². The van der Waals surface area contributed by atoms with Gasteiger partial charge in [0.05, 0.1) is 19.2 Å². The molecule has 10 nitrogen and oxygen atoms in total. The number of fused-ring (bicyclic) bond motifs is 7. The third-order valence-electron chi connectivity index (χ3n) is 6.43. The van der Waals surface area contributed by atoms with Crippen LogP contribution in [0, 0.1) is 5.92 Å². The lowest BCUT2D eigenvalue weighted by molar-refractivity contribution is -0.123. The number of carbonyl (C=O) groups is 3. The van der Waals surface area contributed by atoms with Crippen LogP contribution in [0.25, 0.3) is 0 Å². The van der Waals surface area contributed by atoms with Crippen LogP contribution in [0.4, 0.5) is 0 Å². The van der Waals surface area contributed by atoms with Crippen molar-refractivity contribution in [2.24, 2.45) is 11.7 Å². The first-order valence-corrected chi connectivity index (χ1v) is 12.2. The largest absolute Gasteiger partial charge is 0.493 e. The lowest BCUT2D eigenvalue weighted by atomic mass is 10.1. The Morgan fingerprint density at radius 3 is 2.64 bits per heavy atom. The van der Waals surface area contributed by atoms with E-state index in [9.17, 15) is 14.4 Å². The first kappa shape index (κ1) is 23.9. The zero-order chi connectivity index (χ0) is 25.1. The zero-order valence-electron chi connectivity index (χ0n) is 19.9. The molecule has 36 heavy (non-hydrogen) atoms. The van der Waals surface area contributed by atoms with Crippen LogP contribution in [-0.4, -0.2) is 67.6 Å². The topological polar surface area (TPSA) is 132 Å². The Kier molecular flexibility index (Phi) is 6.95. The molecule has 190 valence electrons. The molecule has 1 saturated carbocycles. The lowest BCUT2D eigenvalue weighted by Gasteiger charge is -2.22. The SMILES string of the molecule is NC(=O)CN1C[C@@H]2NC(=O)c3cc(cc(OCC4CC4)c3)OCC(=O)NCc3ccc(cc3)O[C@H]2C1. The van der Waals surface area contributed by atoms with Crippen molar-refractivity contribution in [1.29, 1.82) is 0 Å². The van der Waals surface area contributed by atoms with Gasteiger partial charge >= 0.3 is 0 Å². The van der Waals surface area contributed by atoms with Gasteiger partial charge in [-0.25, -0.2) is 0 Å². The molecule has 1 aliphatic carbocycles. The molecule has 3 heterocycles. The minimum Gasteiger partial charge on any atom is -0.493 e. The van der Waals surface area contributed by atoms with Crippen molar-refractivity contribution < 1.29 is 28.6 Å². The molecular formula is C26H30N4O6. The van der Waals surface area contributed by atoms with E-state index in [0.29, 0.717) is 55.0 Å². The first-order valence-electron chi connectivity index (χ1n) is 12.2. The molecule has 6 rings (SSSR count). The summed E-state index contributed by atoms with van der Waals surface area (Å²) in [5.74, 6) is 0.984. The van der Waals surface area contributed by atoms with E-state index in [1.807, 2.05) is 29.2 Å². The van der Waals surface area contributed by atoms with E-state index in [1.54, 1.807) is 18.2 Å². The van der Waals surface area contributed by atoms with Crippen molar-refractivity contribution in [2.45, 2.75) is 31.5 Å². The fraction of sp³-hybridized carbons (Fsp3) is 0.423. The molecule has 2 fully saturated rings. The Balaban J connectivity index is 1.42. The van der Waals surface area contributed by atoms with Crippen molar-refractivity contribution in [3.8, 4) is 17.2 Å². The summed E-state index contributed by atoms with van der Waals surface area (Å²) in [5.41, 5.74) is 6.66. The molecule has 1 saturated heterocycles. The van der Waals surface area contributed by atoms with E-state index in [1.165, 1.54) is 0 Å². The number of benzene rings is 2. The molecule has 10 heteroatoms. The number of hydrogen-bond donors (Lipinski definition) is 3. The third kappa shape index (κ3) is 6.25. The van der Waals surface area contributed by atoms with Crippen LogP contribution in [0.2, 0.25) is 0 Å².